The van der Waals surface area contributed by atoms with E-state index < -0.39 is 11.9 Å². The van der Waals surface area contributed by atoms with Gasteiger partial charge in [0, 0.05) is 19.4 Å². The third kappa shape index (κ3) is 1.87. The van der Waals surface area contributed by atoms with Crippen LogP contribution in [0.2, 0.25) is 0 Å². The molecule has 1 aromatic carbocycles. The summed E-state index contributed by atoms with van der Waals surface area (Å²) in [7, 11) is 1.72. The number of aromatic nitrogens is 2. The third-order valence-electron chi connectivity index (χ3n) is 2.41. The number of ketones is 1. The number of rotatable bonds is 3. The molecule has 0 amide bonds. The summed E-state index contributed by atoms with van der Waals surface area (Å²) in [6.45, 7) is 0. The largest absolute Gasteiger partial charge is 0.380 e. The monoisotopic (exact) mass is 216 g/mol. The first kappa shape index (κ1) is 10.6. The van der Waals surface area contributed by atoms with Crippen LogP contribution in [0.3, 0.4) is 0 Å². The predicted octanol–water partition coefficient (Wildman–Crippen LogP) is 1.34. The molecule has 82 valence electrons. The molecule has 1 N–H and O–H groups in total. The van der Waals surface area contributed by atoms with Crippen molar-refractivity contribution in [1.82, 2.24) is 9.55 Å². The van der Waals surface area contributed by atoms with Gasteiger partial charge in [-0.15, -0.1) is 0 Å². The van der Waals surface area contributed by atoms with E-state index in [1.54, 1.807) is 42.1 Å². The number of Topliss-reactive ketones (excluding diaryl/α,β-unsaturated/α-hetero) is 1. The van der Waals surface area contributed by atoms with Gasteiger partial charge >= 0.3 is 0 Å². The number of aliphatic hydroxyl groups is 1. The SMILES string of the molecule is Cn1ccnc1C(=O)C(O)c1ccccc1. The minimum absolute atomic E-state index is 0.261. The molecular weight excluding hydrogens is 204 g/mol. The fourth-order valence-corrected chi connectivity index (χ4v) is 1.51. The van der Waals surface area contributed by atoms with E-state index >= 15 is 0 Å². The summed E-state index contributed by atoms with van der Waals surface area (Å²) in [5, 5.41) is 9.88. The molecule has 0 aliphatic carbocycles. The zero-order valence-electron chi connectivity index (χ0n) is 8.87. The Bertz CT molecular complexity index is 491. The van der Waals surface area contributed by atoms with E-state index in [0.29, 0.717) is 5.56 Å². The molecule has 0 bridgehead atoms. The number of benzene rings is 1. The Balaban J connectivity index is 2.27. The van der Waals surface area contributed by atoms with Crippen LogP contribution >= 0.6 is 0 Å². The van der Waals surface area contributed by atoms with Gasteiger partial charge in [-0.05, 0) is 5.56 Å². The van der Waals surface area contributed by atoms with E-state index in [0.717, 1.165) is 0 Å². The molecule has 1 heterocycles. The lowest BCUT2D eigenvalue weighted by Gasteiger charge is -2.09. The summed E-state index contributed by atoms with van der Waals surface area (Å²) < 4.78 is 1.59. The predicted molar refractivity (Wildman–Crippen MR) is 58.9 cm³/mol. The van der Waals surface area contributed by atoms with Gasteiger partial charge in [-0.25, -0.2) is 4.98 Å². The molecule has 0 spiro atoms. The van der Waals surface area contributed by atoms with E-state index in [1.165, 1.54) is 6.20 Å². The Morgan fingerprint density at radius 1 is 1.38 bits per heavy atom. The molecule has 0 aliphatic heterocycles. The second-order valence-corrected chi connectivity index (χ2v) is 3.54. The van der Waals surface area contributed by atoms with Crippen LogP contribution in [0.1, 0.15) is 22.3 Å². The van der Waals surface area contributed by atoms with Crippen molar-refractivity contribution in [3.63, 3.8) is 0 Å². The molecule has 1 atom stereocenters. The lowest BCUT2D eigenvalue weighted by atomic mass is 10.1. The zero-order valence-corrected chi connectivity index (χ0v) is 8.87. The number of aliphatic hydroxyl groups excluding tert-OH is 1. The number of nitrogens with zero attached hydrogens (tertiary/aromatic N) is 2. The molecule has 2 aromatic rings. The highest BCUT2D eigenvalue weighted by molar-refractivity contribution is 5.96. The molecule has 1 unspecified atom stereocenters. The Morgan fingerprint density at radius 2 is 2.06 bits per heavy atom. The fourth-order valence-electron chi connectivity index (χ4n) is 1.51. The molecule has 0 saturated carbocycles. The molecule has 0 aliphatic rings. The Morgan fingerprint density at radius 3 is 2.62 bits per heavy atom. The van der Waals surface area contributed by atoms with Gasteiger partial charge in [0.2, 0.25) is 5.78 Å². The second-order valence-electron chi connectivity index (χ2n) is 3.54. The van der Waals surface area contributed by atoms with Gasteiger partial charge in [-0.1, -0.05) is 30.3 Å². The summed E-state index contributed by atoms with van der Waals surface area (Å²) in [6.07, 6.45) is 2.05. The van der Waals surface area contributed by atoms with E-state index in [-0.39, 0.29) is 5.82 Å². The van der Waals surface area contributed by atoms with Crippen molar-refractivity contribution in [2.24, 2.45) is 7.05 Å². The molecule has 0 radical (unpaired) electrons. The smallest absolute Gasteiger partial charge is 0.231 e. The van der Waals surface area contributed by atoms with Gasteiger partial charge < -0.3 is 9.67 Å². The molecule has 4 heteroatoms. The van der Waals surface area contributed by atoms with Crippen LogP contribution < -0.4 is 0 Å². The average Bonchev–Trinajstić information content (AvgIpc) is 2.75. The van der Waals surface area contributed by atoms with Crippen molar-refractivity contribution in [2.45, 2.75) is 6.10 Å². The van der Waals surface area contributed by atoms with Crippen molar-refractivity contribution in [3.8, 4) is 0 Å². The molecule has 2 rings (SSSR count). The van der Waals surface area contributed by atoms with Crippen molar-refractivity contribution >= 4 is 5.78 Å². The third-order valence-corrected chi connectivity index (χ3v) is 2.41. The highest BCUT2D eigenvalue weighted by Crippen LogP contribution is 2.16. The molecule has 0 fully saturated rings. The van der Waals surface area contributed by atoms with Gasteiger partial charge in [0.05, 0.1) is 0 Å². The Kier molecular flexibility index (Phi) is 2.83. The highest BCUT2D eigenvalue weighted by Gasteiger charge is 2.21. The lowest BCUT2D eigenvalue weighted by Crippen LogP contribution is -2.16. The summed E-state index contributed by atoms with van der Waals surface area (Å²) in [4.78, 5) is 15.8. The maximum absolute atomic E-state index is 11.9. The normalized spacial score (nSPS) is 12.4. The first-order chi connectivity index (χ1) is 7.70. The van der Waals surface area contributed by atoms with E-state index in [9.17, 15) is 9.90 Å². The van der Waals surface area contributed by atoms with Crippen LogP contribution in [-0.4, -0.2) is 20.4 Å². The number of imidazole rings is 1. The molecular formula is C12H12N2O2. The number of aryl methyl sites for hydroxylation is 1. The van der Waals surface area contributed by atoms with Crippen molar-refractivity contribution in [2.75, 3.05) is 0 Å². The first-order valence-electron chi connectivity index (χ1n) is 4.94. The van der Waals surface area contributed by atoms with Gasteiger partial charge in [0.25, 0.3) is 0 Å². The number of carbonyl (C=O) groups excluding carboxylic acids is 1. The topological polar surface area (TPSA) is 55.1 Å². The summed E-state index contributed by atoms with van der Waals surface area (Å²) in [5.74, 6) is -0.130. The first-order valence-corrected chi connectivity index (χ1v) is 4.94. The summed E-state index contributed by atoms with van der Waals surface area (Å²) in [6, 6.07) is 8.83. The van der Waals surface area contributed by atoms with Crippen LogP contribution in [0.5, 0.6) is 0 Å². The van der Waals surface area contributed by atoms with Crippen LogP contribution in [0.25, 0.3) is 0 Å². The molecule has 4 nitrogen and oxygen atoms in total. The van der Waals surface area contributed by atoms with E-state index in [1.807, 2.05) is 6.07 Å². The minimum atomic E-state index is -1.15. The van der Waals surface area contributed by atoms with Crippen molar-refractivity contribution in [3.05, 3.63) is 54.1 Å². The van der Waals surface area contributed by atoms with E-state index in [2.05, 4.69) is 4.98 Å². The minimum Gasteiger partial charge on any atom is -0.380 e. The highest BCUT2D eigenvalue weighted by atomic mass is 16.3. The van der Waals surface area contributed by atoms with Crippen LogP contribution in [0.15, 0.2) is 42.7 Å². The Labute approximate surface area is 93.2 Å². The Hall–Kier alpha value is -1.94. The standard InChI is InChI=1S/C12H12N2O2/c1-14-8-7-13-12(14)11(16)10(15)9-5-3-2-4-6-9/h2-8,10,15H,1H3. The molecule has 1 aromatic heterocycles. The van der Waals surface area contributed by atoms with Crippen LogP contribution in [0, 0.1) is 0 Å². The van der Waals surface area contributed by atoms with Crippen molar-refractivity contribution < 1.29 is 9.90 Å². The lowest BCUT2D eigenvalue weighted by molar-refractivity contribution is 0.0732. The van der Waals surface area contributed by atoms with Gasteiger partial charge in [-0.2, -0.15) is 0 Å². The van der Waals surface area contributed by atoms with E-state index in [4.69, 9.17) is 0 Å². The zero-order chi connectivity index (χ0) is 11.5. The maximum Gasteiger partial charge on any atom is 0.231 e. The number of hydrogen-bond donors (Lipinski definition) is 1. The van der Waals surface area contributed by atoms with Crippen LogP contribution in [0.4, 0.5) is 0 Å². The van der Waals surface area contributed by atoms with Crippen molar-refractivity contribution in [1.29, 1.82) is 0 Å². The van der Waals surface area contributed by atoms with Crippen LogP contribution in [-0.2, 0) is 7.05 Å². The maximum atomic E-state index is 11.9. The quantitative estimate of drug-likeness (QED) is 0.787. The average molecular weight is 216 g/mol. The van der Waals surface area contributed by atoms with Gasteiger partial charge in [-0.3, -0.25) is 4.79 Å². The molecule has 0 saturated heterocycles. The number of carbonyl (C=O) groups is 1. The van der Waals surface area contributed by atoms with Gasteiger partial charge in [0.1, 0.15) is 6.10 Å². The fraction of sp³-hybridized carbons (Fsp3) is 0.167. The van der Waals surface area contributed by atoms with Gasteiger partial charge in [0.15, 0.2) is 5.82 Å². The summed E-state index contributed by atoms with van der Waals surface area (Å²) >= 11 is 0. The molecule has 16 heavy (non-hydrogen) atoms. The number of hydrogen-bond acceptors (Lipinski definition) is 3. The second kappa shape index (κ2) is 4.28. The summed E-state index contributed by atoms with van der Waals surface area (Å²) in [5.41, 5.74) is 0.579.